The van der Waals surface area contributed by atoms with Crippen LogP contribution in [0.3, 0.4) is 0 Å². The second-order valence-corrected chi connectivity index (χ2v) is 13.0. The number of hydrogen-bond donors (Lipinski definition) is 2. The van der Waals surface area contributed by atoms with E-state index in [1.54, 1.807) is 27.8 Å². The van der Waals surface area contributed by atoms with E-state index in [0.29, 0.717) is 30.8 Å². The molecule has 1 aromatic heterocycles. The molecule has 10 heteroatoms. The zero-order chi connectivity index (χ0) is 26.9. The van der Waals surface area contributed by atoms with Gasteiger partial charge in [0.25, 0.3) is 0 Å². The monoisotopic (exact) mass is 549 g/mol. The molecule has 38 heavy (non-hydrogen) atoms. The van der Waals surface area contributed by atoms with Crippen LogP contribution >= 0.6 is 11.3 Å². The van der Waals surface area contributed by atoms with Crippen LogP contribution in [0.2, 0.25) is 0 Å². The molecule has 1 aliphatic carbocycles. The summed E-state index contributed by atoms with van der Waals surface area (Å²) in [7, 11) is -1.52. The highest BCUT2D eigenvalue weighted by molar-refractivity contribution is 7.89. The summed E-state index contributed by atoms with van der Waals surface area (Å²) in [4.78, 5) is 16.1. The maximum absolute atomic E-state index is 13.0. The molecule has 8 nitrogen and oxygen atoms in total. The number of thiophene rings is 1. The average Bonchev–Trinajstić information content (AvgIpc) is 3.40. The highest BCUT2D eigenvalue weighted by Crippen LogP contribution is 2.51. The van der Waals surface area contributed by atoms with E-state index < -0.39 is 21.6 Å². The van der Waals surface area contributed by atoms with Crippen LogP contribution in [-0.4, -0.2) is 68.3 Å². The van der Waals surface area contributed by atoms with Gasteiger partial charge in [0.1, 0.15) is 5.54 Å². The van der Waals surface area contributed by atoms with E-state index >= 15 is 0 Å². The lowest BCUT2D eigenvalue weighted by molar-refractivity contribution is -0.122. The van der Waals surface area contributed by atoms with E-state index in [4.69, 9.17) is 5.73 Å². The van der Waals surface area contributed by atoms with Crippen LogP contribution < -0.4 is 11.1 Å². The van der Waals surface area contributed by atoms with E-state index in [1.165, 1.54) is 0 Å². The molecule has 1 aliphatic heterocycles. The van der Waals surface area contributed by atoms with Gasteiger partial charge in [-0.2, -0.15) is 9.57 Å². The smallest absolute Gasteiger partial charge is 0.243 e. The minimum absolute atomic E-state index is 0.101. The van der Waals surface area contributed by atoms with Gasteiger partial charge in [0.05, 0.1) is 17.0 Å². The van der Waals surface area contributed by atoms with Gasteiger partial charge in [0.2, 0.25) is 15.9 Å². The van der Waals surface area contributed by atoms with E-state index in [1.807, 2.05) is 61.0 Å². The van der Waals surface area contributed by atoms with Gasteiger partial charge in [0, 0.05) is 43.4 Å². The van der Waals surface area contributed by atoms with Crippen molar-refractivity contribution < 1.29 is 13.2 Å². The number of nitrogens with one attached hydrogen (secondary N) is 1. The van der Waals surface area contributed by atoms with Crippen LogP contribution in [0, 0.1) is 11.3 Å². The van der Waals surface area contributed by atoms with Gasteiger partial charge in [-0.3, -0.25) is 4.79 Å². The van der Waals surface area contributed by atoms with Crippen LogP contribution in [0.1, 0.15) is 22.8 Å². The summed E-state index contributed by atoms with van der Waals surface area (Å²) < 4.78 is 27.5. The summed E-state index contributed by atoms with van der Waals surface area (Å²) in [5, 5.41) is 14.7. The Bertz CT molecular complexity index is 1430. The van der Waals surface area contributed by atoms with Crippen molar-refractivity contribution >= 4 is 27.3 Å². The van der Waals surface area contributed by atoms with Crippen molar-refractivity contribution in [3.8, 4) is 17.2 Å². The van der Waals surface area contributed by atoms with Crippen molar-refractivity contribution in [3.63, 3.8) is 0 Å². The first-order valence-corrected chi connectivity index (χ1v) is 14.9. The molecule has 1 saturated heterocycles. The summed E-state index contributed by atoms with van der Waals surface area (Å²) in [6.45, 7) is 2.44. The van der Waals surface area contributed by atoms with E-state index in [9.17, 15) is 18.5 Å². The molecule has 0 bridgehead atoms. The minimum atomic E-state index is -3.51. The van der Waals surface area contributed by atoms with Crippen molar-refractivity contribution in [2.45, 2.75) is 35.2 Å². The molecule has 5 rings (SSSR count). The van der Waals surface area contributed by atoms with E-state index in [2.05, 4.69) is 16.3 Å². The summed E-state index contributed by atoms with van der Waals surface area (Å²) in [6, 6.07) is 20.3. The summed E-state index contributed by atoms with van der Waals surface area (Å²) >= 11 is 1.55. The molecule has 2 heterocycles. The first kappa shape index (κ1) is 26.5. The number of carbonyl (C=O) groups is 1. The Labute approximate surface area is 227 Å². The number of benzene rings is 2. The predicted octanol–water partition coefficient (Wildman–Crippen LogP) is 2.79. The molecule has 0 unspecified atom stereocenters. The maximum Gasteiger partial charge on any atom is 0.243 e. The van der Waals surface area contributed by atoms with E-state index in [-0.39, 0.29) is 11.8 Å². The Morgan fingerprint density at radius 3 is 2.32 bits per heavy atom. The third-order valence-electron chi connectivity index (χ3n) is 7.45. The number of sulfonamides is 1. The number of carbonyl (C=O) groups excluding carboxylic acids is 1. The third-order valence-corrected chi connectivity index (χ3v) is 10.3. The Balaban J connectivity index is 1.23. The molecule has 2 fully saturated rings. The molecular weight excluding hydrogens is 518 g/mol. The molecule has 2 aliphatic rings. The van der Waals surface area contributed by atoms with Crippen LogP contribution in [0.25, 0.3) is 11.1 Å². The topological polar surface area (TPSA) is 120 Å². The van der Waals surface area contributed by atoms with Crippen LogP contribution in [-0.2, 0) is 21.2 Å². The lowest BCUT2D eigenvalue weighted by atomic mass is 10.0. The normalized spacial score (nSPS) is 22.9. The molecule has 2 aromatic carbocycles. The number of rotatable bonds is 8. The third kappa shape index (κ3) is 5.39. The predicted molar refractivity (Wildman–Crippen MR) is 148 cm³/mol. The molecule has 3 atom stereocenters. The van der Waals surface area contributed by atoms with Gasteiger partial charge in [-0.25, -0.2) is 8.42 Å². The zero-order valence-electron chi connectivity index (χ0n) is 21.2. The van der Waals surface area contributed by atoms with Gasteiger partial charge in [-0.05, 0) is 53.7 Å². The largest absolute Gasteiger partial charge is 0.336 e. The summed E-state index contributed by atoms with van der Waals surface area (Å²) in [5.41, 5.74) is 7.98. The average molecular weight is 550 g/mol. The van der Waals surface area contributed by atoms with Crippen molar-refractivity contribution in [1.29, 1.82) is 5.26 Å². The first-order valence-electron chi connectivity index (χ1n) is 12.6. The van der Waals surface area contributed by atoms with Gasteiger partial charge in [-0.1, -0.05) is 42.5 Å². The van der Waals surface area contributed by atoms with Gasteiger partial charge >= 0.3 is 0 Å². The zero-order valence-corrected chi connectivity index (χ0v) is 22.8. The molecule has 1 amide bonds. The second-order valence-electron chi connectivity index (χ2n) is 10.1. The maximum atomic E-state index is 13.0. The molecule has 3 aromatic rings. The molecule has 0 radical (unpaired) electrons. The molecular formula is C28H31N5O3S2. The number of piperazine rings is 1. The Hall–Kier alpha value is -3.07. The quantitative estimate of drug-likeness (QED) is 0.446. The Morgan fingerprint density at radius 2 is 1.74 bits per heavy atom. The van der Waals surface area contributed by atoms with Crippen LogP contribution in [0.4, 0.5) is 0 Å². The second kappa shape index (κ2) is 10.6. The van der Waals surface area contributed by atoms with Crippen molar-refractivity contribution in [2.24, 2.45) is 5.73 Å². The van der Waals surface area contributed by atoms with Crippen molar-refractivity contribution in [3.05, 3.63) is 76.5 Å². The summed E-state index contributed by atoms with van der Waals surface area (Å²) in [5.74, 6) is -0.416. The highest BCUT2D eigenvalue weighted by Gasteiger charge is 2.57. The van der Waals surface area contributed by atoms with Crippen LogP contribution in [0.15, 0.2) is 70.9 Å². The number of hydrogen-bond acceptors (Lipinski definition) is 7. The fourth-order valence-corrected chi connectivity index (χ4v) is 7.10. The number of nitriles is 1. The highest BCUT2D eigenvalue weighted by atomic mass is 32.2. The van der Waals surface area contributed by atoms with Crippen molar-refractivity contribution in [2.75, 3.05) is 33.2 Å². The lowest BCUT2D eigenvalue weighted by Crippen LogP contribution is -2.47. The van der Waals surface area contributed by atoms with Crippen molar-refractivity contribution in [1.82, 2.24) is 14.5 Å². The fraction of sp³-hybridized carbons (Fsp3) is 0.357. The van der Waals surface area contributed by atoms with Gasteiger partial charge < -0.3 is 16.0 Å². The molecule has 3 N–H and O–H groups in total. The number of nitrogens with two attached hydrogens (primary N) is 1. The molecule has 1 saturated carbocycles. The lowest BCUT2D eigenvalue weighted by Gasteiger charge is -2.31. The number of amides is 1. The van der Waals surface area contributed by atoms with Gasteiger partial charge in [-0.15, -0.1) is 11.3 Å². The standard InChI is InChI=1S/C28H31N5O3S2/c1-32-12-14-33(15-13-32)38(35,36)24-10-8-21(9-11-24)20-4-6-22(7-5-20)25-18-28(25,19-29)31-27(34)26(30)17-23-3-2-16-37-23/h2-11,16,25-26H,12-15,17-18,30H2,1H3,(H,31,34)/t25-,26-,28+/m0/s1. The summed E-state index contributed by atoms with van der Waals surface area (Å²) in [6.07, 6.45) is 0.985. The minimum Gasteiger partial charge on any atom is -0.336 e. The van der Waals surface area contributed by atoms with E-state index in [0.717, 1.165) is 34.7 Å². The Morgan fingerprint density at radius 1 is 1.11 bits per heavy atom. The molecule has 198 valence electrons. The fourth-order valence-electron chi connectivity index (χ4n) is 4.91. The van der Waals surface area contributed by atoms with Gasteiger partial charge in [0.15, 0.2) is 0 Å². The Kier molecular flexibility index (Phi) is 7.40. The first-order chi connectivity index (χ1) is 18.2. The molecule has 0 spiro atoms. The SMILES string of the molecule is CN1CCN(S(=O)(=O)c2ccc(-c3ccc([C@@H]4C[C@]4(C#N)NC(=O)[C@@H](N)Cc4cccs4)cc3)cc2)CC1. The van der Waals surface area contributed by atoms with Crippen LogP contribution in [0.5, 0.6) is 0 Å². The number of likely N-dealkylation sites (N-methyl/N-ethyl adjacent to an activating group) is 1. The number of nitrogens with zero attached hydrogens (tertiary/aromatic N) is 3.